The van der Waals surface area contributed by atoms with Crippen molar-refractivity contribution >= 4 is 24.1 Å². The van der Waals surface area contributed by atoms with Gasteiger partial charge in [-0.1, -0.05) is 0 Å². The second-order valence-electron chi connectivity index (χ2n) is 7.27. The lowest BCUT2D eigenvalue weighted by Gasteiger charge is -2.12. The number of esters is 2. The molecule has 0 radical (unpaired) electrons. The lowest BCUT2D eigenvalue weighted by molar-refractivity contribution is -0.140. The van der Waals surface area contributed by atoms with Gasteiger partial charge in [-0.25, -0.2) is 9.59 Å². The average molecular weight is 517 g/mol. The fraction of sp³-hybridized carbons (Fsp3) is 0.333. The molecule has 0 aliphatic carbocycles. The molecule has 0 saturated heterocycles. The molecule has 0 N–H and O–H groups in total. The summed E-state index contributed by atoms with van der Waals surface area (Å²) < 4.78 is 42.0. The molecule has 0 spiro atoms. The molecule has 0 fully saturated rings. The Kier molecular flexibility index (Phi) is 11.7. The third-order valence-corrected chi connectivity index (χ3v) is 4.98. The van der Waals surface area contributed by atoms with Crippen LogP contribution in [-0.2, 0) is 19.1 Å². The Morgan fingerprint density at radius 1 is 0.568 bits per heavy atom. The summed E-state index contributed by atoms with van der Waals surface area (Å²) in [5, 5.41) is 0. The lowest BCUT2D eigenvalue weighted by Crippen LogP contribution is -2.08. The van der Waals surface area contributed by atoms with Gasteiger partial charge in [0.05, 0.1) is 55.9 Å². The van der Waals surface area contributed by atoms with E-state index in [9.17, 15) is 9.59 Å². The van der Waals surface area contributed by atoms with Crippen LogP contribution in [0, 0.1) is 0 Å². The Bertz CT molecular complexity index is 983. The van der Waals surface area contributed by atoms with E-state index >= 15 is 0 Å². The molecule has 0 aromatic heterocycles. The molecular weight excluding hydrogens is 484 g/mol. The van der Waals surface area contributed by atoms with Gasteiger partial charge < -0.3 is 37.9 Å². The van der Waals surface area contributed by atoms with Crippen LogP contribution in [0.25, 0.3) is 12.2 Å². The average Bonchev–Trinajstić information content (AvgIpc) is 2.93. The molecule has 0 heterocycles. The van der Waals surface area contributed by atoms with Crippen molar-refractivity contribution in [2.24, 2.45) is 0 Å². The van der Waals surface area contributed by atoms with Crippen molar-refractivity contribution in [3.8, 4) is 34.5 Å². The van der Waals surface area contributed by atoms with Crippen LogP contribution < -0.4 is 28.4 Å². The summed E-state index contributed by atoms with van der Waals surface area (Å²) in [6.45, 7) is 0.171. The van der Waals surface area contributed by atoms with E-state index in [4.69, 9.17) is 37.9 Å². The normalized spacial score (nSPS) is 10.8. The number of carbonyl (C=O) groups is 2. The van der Waals surface area contributed by atoms with E-state index in [-0.39, 0.29) is 13.2 Å². The molecule has 10 nitrogen and oxygen atoms in total. The fourth-order valence-corrected chi connectivity index (χ4v) is 3.22. The van der Waals surface area contributed by atoms with Gasteiger partial charge in [-0.2, -0.15) is 0 Å². The Balaban J connectivity index is 1.81. The summed E-state index contributed by atoms with van der Waals surface area (Å²) in [5.74, 6) is 1.71. The highest BCUT2D eigenvalue weighted by Crippen LogP contribution is 2.39. The number of benzene rings is 2. The van der Waals surface area contributed by atoms with Crippen molar-refractivity contribution in [1.29, 1.82) is 0 Å². The highest BCUT2D eigenvalue weighted by molar-refractivity contribution is 5.88. The first-order valence-corrected chi connectivity index (χ1v) is 11.2. The van der Waals surface area contributed by atoms with Gasteiger partial charge in [-0.3, -0.25) is 0 Å². The van der Waals surface area contributed by atoms with Gasteiger partial charge in [0.1, 0.15) is 0 Å². The molecule has 37 heavy (non-hydrogen) atoms. The van der Waals surface area contributed by atoms with E-state index in [1.165, 1.54) is 54.8 Å². The second-order valence-corrected chi connectivity index (χ2v) is 7.27. The van der Waals surface area contributed by atoms with Crippen molar-refractivity contribution in [3.63, 3.8) is 0 Å². The molecule has 0 saturated carbocycles. The SMILES string of the molecule is COc1cc(/C=C/C(=O)OCCCOC(=O)/C=C/c2cc(OC)c(OC)c(OC)c2)cc(OC)c1OC. The zero-order chi connectivity index (χ0) is 27.2. The van der Waals surface area contributed by atoms with Crippen molar-refractivity contribution in [1.82, 2.24) is 0 Å². The number of carbonyl (C=O) groups excluding carboxylic acids is 2. The van der Waals surface area contributed by atoms with Gasteiger partial charge >= 0.3 is 11.9 Å². The Morgan fingerprint density at radius 3 is 1.16 bits per heavy atom. The van der Waals surface area contributed by atoms with Crippen LogP contribution in [-0.4, -0.2) is 67.8 Å². The number of rotatable bonds is 14. The van der Waals surface area contributed by atoms with Crippen molar-refractivity contribution < 1.29 is 47.5 Å². The van der Waals surface area contributed by atoms with Gasteiger partial charge in [0, 0.05) is 18.6 Å². The Labute approximate surface area is 216 Å². The van der Waals surface area contributed by atoms with E-state index in [1.54, 1.807) is 36.4 Å². The number of methoxy groups -OCH3 is 6. The summed E-state index contributed by atoms with van der Waals surface area (Å²) in [7, 11) is 9.06. The third kappa shape index (κ3) is 8.38. The van der Waals surface area contributed by atoms with E-state index < -0.39 is 11.9 Å². The topological polar surface area (TPSA) is 108 Å². The maximum absolute atomic E-state index is 12.0. The highest BCUT2D eigenvalue weighted by atomic mass is 16.6. The van der Waals surface area contributed by atoms with E-state index in [0.717, 1.165) is 0 Å². The number of hydrogen-bond acceptors (Lipinski definition) is 10. The smallest absolute Gasteiger partial charge is 0.330 e. The molecule has 0 unspecified atom stereocenters. The second kappa shape index (κ2) is 14.9. The highest BCUT2D eigenvalue weighted by Gasteiger charge is 2.13. The van der Waals surface area contributed by atoms with Gasteiger partial charge in [0.15, 0.2) is 23.0 Å². The van der Waals surface area contributed by atoms with Crippen LogP contribution in [0.5, 0.6) is 34.5 Å². The molecule has 2 aromatic carbocycles. The number of ether oxygens (including phenoxy) is 8. The van der Waals surface area contributed by atoms with E-state index in [0.29, 0.717) is 52.0 Å². The maximum Gasteiger partial charge on any atom is 0.330 e. The minimum atomic E-state index is -0.539. The predicted molar refractivity (Wildman–Crippen MR) is 137 cm³/mol. The predicted octanol–water partition coefficient (Wildman–Crippen LogP) is 3.94. The third-order valence-electron chi connectivity index (χ3n) is 4.98. The van der Waals surface area contributed by atoms with Crippen molar-refractivity contribution in [3.05, 3.63) is 47.5 Å². The number of hydrogen-bond donors (Lipinski definition) is 0. The first-order valence-electron chi connectivity index (χ1n) is 11.2. The molecule has 10 heteroatoms. The first-order chi connectivity index (χ1) is 17.9. The van der Waals surface area contributed by atoms with Crippen LogP contribution in [0.1, 0.15) is 17.5 Å². The zero-order valence-corrected chi connectivity index (χ0v) is 21.8. The van der Waals surface area contributed by atoms with Crippen molar-refractivity contribution in [2.45, 2.75) is 6.42 Å². The van der Waals surface area contributed by atoms with E-state index in [1.807, 2.05) is 0 Å². The summed E-state index contributed by atoms with van der Waals surface area (Å²) in [4.78, 5) is 24.0. The quantitative estimate of drug-likeness (QED) is 0.208. The molecule has 0 amide bonds. The molecule has 0 aliphatic heterocycles. The minimum absolute atomic E-state index is 0.0856. The van der Waals surface area contributed by atoms with Gasteiger partial charge in [-0.15, -0.1) is 0 Å². The van der Waals surface area contributed by atoms with Crippen LogP contribution in [0.2, 0.25) is 0 Å². The summed E-state index contributed by atoms with van der Waals surface area (Å²) >= 11 is 0. The van der Waals surface area contributed by atoms with Crippen molar-refractivity contribution in [2.75, 3.05) is 55.9 Å². The van der Waals surface area contributed by atoms with Gasteiger partial charge in [0.25, 0.3) is 0 Å². The van der Waals surface area contributed by atoms with Crippen LogP contribution >= 0.6 is 0 Å². The van der Waals surface area contributed by atoms with Crippen LogP contribution in [0.3, 0.4) is 0 Å². The largest absolute Gasteiger partial charge is 0.493 e. The fourth-order valence-electron chi connectivity index (χ4n) is 3.22. The molecular formula is C27H32O10. The lowest BCUT2D eigenvalue weighted by atomic mass is 10.1. The summed E-state index contributed by atoms with van der Waals surface area (Å²) in [6, 6.07) is 6.82. The molecule has 0 aliphatic rings. The molecule has 0 bridgehead atoms. The Morgan fingerprint density at radius 2 is 0.892 bits per heavy atom. The summed E-state index contributed by atoms with van der Waals surface area (Å²) in [6.07, 6.45) is 6.05. The van der Waals surface area contributed by atoms with Gasteiger partial charge in [-0.05, 0) is 47.5 Å². The standard InChI is InChI=1S/C27H32O10/c1-30-20-14-18(15-21(31-2)26(20)34-5)8-10-24(28)36-12-7-13-37-25(29)11-9-19-16-22(32-3)27(35-6)23(17-19)33-4/h8-11,14-17H,7,12-13H2,1-6H3/b10-8+,11-9+. The molecule has 0 atom stereocenters. The minimum Gasteiger partial charge on any atom is -0.493 e. The monoisotopic (exact) mass is 516 g/mol. The molecule has 2 aromatic rings. The van der Waals surface area contributed by atoms with Crippen LogP contribution in [0.15, 0.2) is 36.4 Å². The summed E-state index contributed by atoms with van der Waals surface area (Å²) in [5.41, 5.74) is 1.33. The first kappa shape index (κ1) is 28.9. The Hall–Kier alpha value is -4.34. The molecule has 2 rings (SSSR count). The van der Waals surface area contributed by atoms with Gasteiger partial charge in [0.2, 0.25) is 11.5 Å². The van der Waals surface area contributed by atoms with E-state index in [2.05, 4.69) is 0 Å². The van der Waals surface area contributed by atoms with Crippen LogP contribution in [0.4, 0.5) is 0 Å². The molecule has 200 valence electrons. The maximum atomic E-state index is 12.0. The zero-order valence-electron chi connectivity index (χ0n) is 21.8.